The Bertz CT molecular complexity index is 499. The number of quaternary nitrogens is 1. The van der Waals surface area contributed by atoms with Crippen molar-refractivity contribution in [3.05, 3.63) is 48.0 Å². The molecule has 0 bridgehead atoms. The van der Waals surface area contributed by atoms with E-state index in [-0.39, 0.29) is 12.1 Å². The smallest absolute Gasteiger partial charge is 0.300 e. The summed E-state index contributed by atoms with van der Waals surface area (Å²) in [5.41, 5.74) is 4.09. The Morgan fingerprint density at radius 3 is 2.75 bits per heavy atom. The lowest BCUT2D eigenvalue weighted by Gasteiger charge is -2.18. The third-order valence-electron chi connectivity index (χ3n) is 3.06. The minimum absolute atomic E-state index is 0.263. The summed E-state index contributed by atoms with van der Waals surface area (Å²) in [6, 6.07) is 10.2. The molecule has 0 saturated carbocycles. The summed E-state index contributed by atoms with van der Waals surface area (Å²) in [7, 11) is 3.30. The van der Waals surface area contributed by atoms with E-state index >= 15 is 0 Å². The van der Waals surface area contributed by atoms with Gasteiger partial charge in [-0.3, -0.25) is 0 Å². The topological polar surface area (TPSA) is 64.4 Å². The van der Waals surface area contributed by atoms with Crippen molar-refractivity contribution in [3.63, 3.8) is 0 Å². The van der Waals surface area contributed by atoms with Crippen LogP contribution in [0.4, 0.5) is 0 Å². The maximum Gasteiger partial charge on any atom is 0.300 e. The van der Waals surface area contributed by atoms with E-state index in [9.17, 15) is 5.11 Å². The summed E-state index contributed by atoms with van der Waals surface area (Å²) in [5, 5.41) is 12.4. The zero-order valence-electron chi connectivity index (χ0n) is 12.0. The molecule has 1 aliphatic rings. The van der Waals surface area contributed by atoms with Gasteiger partial charge in [0.25, 0.3) is 5.88 Å². The zero-order valence-corrected chi connectivity index (χ0v) is 12.0. The summed E-state index contributed by atoms with van der Waals surface area (Å²) in [6.45, 7) is 2.10. The Hall–Kier alpha value is -2.05. The number of aliphatic imine (C=N–C) groups is 1. The van der Waals surface area contributed by atoms with E-state index in [0.29, 0.717) is 5.88 Å². The second-order valence-corrected chi connectivity index (χ2v) is 5.02. The molecule has 2 rings (SSSR count). The molecule has 0 aliphatic carbocycles. The molecule has 0 aromatic heterocycles. The lowest BCUT2D eigenvalue weighted by atomic mass is 10.1. The SMILES string of the molecule is CC(Cc1ccccc1)[NH+]1C=C(/N=C(\[O-])N(C)C)ON1. The standard InChI is InChI=1S/C14H20N4O2/c1-11(9-12-7-5-4-6-8-12)18-10-13(20-16-18)15-14(19)17(2)3/h4-8,10-11,16H,9H2,1-3H3,(H,15,19). The highest BCUT2D eigenvalue weighted by atomic mass is 16.7. The fourth-order valence-electron chi connectivity index (χ4n) is 1.87. The van der Waals surface area contributed by atoms with E-state index in [0.717, 1.165) is 11.4 Å². The van der Waals surface area contributed by atoms with Gasteiger partial charge in [0.15, 0.2) is 6.20 Å². The van der Waals surface area contributed by atoms with Crippen LogP contribution in [0.3, 0.4) is 0 Å². The Labute approximate surface area is 118 Å². The molecule has 6 heteroatoms. The van der Waals surface area contributed by atoms with Crippen molar-refractivity contribution >= 4 is 6.02 Å². The monoisotopic (exact) mass is 276 g/mol. The van der Waals surface area contributed by atoms with E-state index in [1.165, 1.54) is 10.5 Å². The van der Waals surface area contributed by atoms with Gasteiger partial charge < -0.3 is 14.8 Å². The fraction of sp³-hybridized carbons (Fsp3) is 0.357. The van der Waals surface area contributed by atoms with Crippen LogP contribution in [-0.2, 0) is 11.3 Å². The van der Waals surface area contributed by atoms with Crippen molar-refractivity contribution in [2.75, 3.05) is 14.1 Å². The molecule has 1 aliphatic heterocycles. The summed E-state index contributed by atoms with van der Waals surface area (Å²) in [5.74, 6) is 0.304. The van der Waals surface area contributed by atoms with Gasteiger partial charge in [-0.15, -0.1) is 0 Å². The average molecular weight is 276 g/mol. The number of nitrogens with one attached hydrogen (secondary N) is 2. The molecule has 0 spiro atoms. The molecule has 1 aromatic carbocycles. The van der Waals surface area contributed by atoms with Gasteiger partial charge in [-0.2, -0.15) is 5.01 Å². The highest BCUT2D eigenvalue weighted by molar-refractivity contribution is 5.69. The van der Waals surface area contributed by atoms with Crippen LogP contribution in [0.1, 0.15) is 12.5 Å². The van der Waals surface area contributed by atoms with Gasteiger partial charge >= 0.3 is 0 Å². The van der Waals surface area contributed by atoms with Gasteiger partial charge in [0.2, 0.25) is 0 Å². The van der Waals surface area contributed by atoms with Crippen LogP contribution in [0.5, 0.6) is 0 Å². The van der Waals surface area contributed by atoms with Crippen molar-refractivity contribution in [3.8, 4) is 0 Å². The molecular formula is C14H20N4O2. The van der Waals surface area contributed by atoms with Crippen molar-refractivity contribution in [1.29, 1.82) is 0 Å². The number of nitrogens with zero attached hydrogens (tertiary/aromatic N) is 2. The second-order valence-electron chi connectivity index (χ2n) is 5.02. The van der Waals surface area contributed by atoms with Crippen LogP contribution in [0, 0.1) is 0 Å². The van der Waals surface area contributed by atoms with Gasteiger partial charge in [-0.05, 0) is 12.5 Å². The first-order chi connectivity index (χ1) is 9.56. The minimum atomic E-state index is -0.338. The summed E-state index contributed by atoms with van der Waals surface area (Å²) < 4.78 is 0. The quantitative estimate of drug-likeness (QED) is 0.548. The Morgan fingerprint density at radius 2 is 2.10 bits per heavy atom. The van der Waals surface area contributed by atoms with E-state index < -0.39 is 0 Å². The molecule has 0 saturated heterocycles. The van der Waals surface area contributed by atoms with Gasteiger partial charge in [-0.25, -0.2) is 4.99 Å². The summed E-state index contributed by atoms with van der Waals surface area (Å²) >= 11 is 0. The Balaban J connectivity index is 1.97. The molecule has 0 amide bonds. The molecule has 6 nitrogen and oxygen atoms in total. The lowest BCUT2D eigenvalue weighted by Crippen LogP contribution is -3.16. The predicted octanol–water partition coefficient (Wildman–Crippen LogP) is -0.971. The average Bonchev–Trinajstić information content (AvgIpc) is 2.88. The Kier molecular flexibility index (Phi) is 4.60. The van der Waals surface area contributed by atoms with Crippen LogP contribution in [0.2, 0.25) is 0 Å². The maximum absolute atomic E-state index is 11.5. The predicted molar refractivity (Wildman–Crippen MR) is 74.0 cm³/mol. The second kappa shape index (κ2) is 6.40. The van der Waals surface area contributed by atoms with Crippen molar-refractivity contribution in [2.24, 2.45) is 4.99 Å². The summed E-state index contributed by atoms with van der Waals surface area (Å²) in [6.07, 6.45) is 2.67. The van der Waals surface area contributed by atoms with Crippen LogP contribution >= 0.6 is 0 Å². The van der Waals surface area contributed by atoms with Crippen LogP contribution in [-0.4, -0.2) is 31.1 Å². The number of hydrogen-bond donors (Lipinski definition) is 2. The highest BCUT2D eigenvalue weighted by Gasteiger charge is 2.24. The number of benzene rings is 1. The van der Waals surface area contributed by atoms with Gasteiger partial charge in [0, 0.05) is 26.1 Å². The van der Waals surface area contributed by atoms with Gasteiger partial charge in [0.1, 0.15) is 6.04 Å². The number of hydrogen-bond acceptors (Lipinski definition) is 4. The molecule has 1 aromatic rings. The number of rotatable bonds is 4. The van der Waals surface area contributed by atoms with Gasteiger partial charge in [0.05, 0.1) is 6.02 Å². The van der Waals surface area contributed by atoms with E-state index in [4.69, 9.17) is 4.84 Å². The number of amidine groups is 1. The van der Waals surface area contributed by atoms with E-state index in [1.807, 2.05) is 18.2 Å². The first kappa shape index (κ1) is 14.4. The zero-order chi connectivity index (χ0) is 14.5. The van der Waals surface area contributed by atoms with Crippen LogP contribution < -0.4 is 15.7 Å². The molecule has 2 atom stereocenters. The minimum Gasteiger partial charge on any atom is -0.846 e. The van der Waals surface area contributed by atoms with E-state index in [1.54, 1.807) is 20.3 Å². The van der Waals surface area contributed by atoms with Crippen LogP contribution in [0.15, 0.2) is 47.4 Å². The lowest BCUT2D eigenvalue weighted by molar-refractivity contribution is -0.934. The van der Waals surface area contributed by atoms with E-state index in [2.05, 4.69) is 29.6 Å². The normalized spacial score (nSPS) is 20.2. The molecule has 2 N–H and O–H groups in total. The maximum atomic E-state index is 11.5. The first-order valence-corrected chi connectivity index (χ1v) is 6.54. The Morgan fingerprint density at radius 1 is 1.40 bits per heavy atom. The third kappa shape index (κ3) is 3.72. The molecule has 2 unspecified atom stereocenters. The van der Waals surface area contributed by atoms with Crippen LogP contribution in [0.25, 0.3) is 0 Å². The molecule has 108 valence electrons. The summed E-state index contributed by atoms with van der Waals surface area (Å²) in [4.78, 5) is 10.5. The first-order valence-electron chi connectivity index (χ1n) is 6.54. The van der Waals surface area contributed by atoms with Crippen molar-refractivity contribution < 1.29 is 15.0 Å². The van der Waals surface area contributed by atoms with Gasteiger partial charge in [-0.1, -0.05) is 30.3 Å². The molecule has 0 radical (unpaired) electrons. The third-order valence-corrected chi connectivity index (χ3v) is 3.06. The molecule has 20 heavy (non-hydrogen) atoms. The highest BCUT2D eigenvalue weighted by Crippen LogP contribution is 2.03. The van der Waals surface area contributed by atoms with Crippen molar-refractivity contribution in [1.82, 2.24) is 10.5 Å². The molecule has 0 fully saturated rings. The van der Waals surface area contributed by atoms with Crippen molar-refractivity contribution in [2.45, 2.75) is 19.4 Å². The molecular weight excluding hydrogens is 256 g/mol. The largest absolute Gasteiger partial charge is 0.846 e. The molecule has 1 heterocycles. The fourth-order valence-corrected chi connectivity index (χ4v) is 1.87.